The fourth-order valence-electron chi connectivity index (χ4n) is 7.11. The lowest BCUT2D eigenvalue weighted by atomic mass is 9.82. The Morgan fingerprint density at radius 3 is 1.86 bits per heavy atom. The molecule has 212 valence electrons. The topological polar surface area (TPSA) is 20.5 Å². The molecule has 0 saturated carbocycles. The van der Waals surface area contributed by atoms with Gasteiger partial charge in [-0.05, 0) is 89.0 Å². The first-order chi connectivity index (χ1) is 21.6. The van der Waals surface area contributed by atoms with Crippen LogP contribution in [0.2, 0.25) is 0 Å². The minimum atomic E-state index is -0.0594. The smallest absolute Gasteiger partial charge is 0.139 e. The zero-order valence-electron chi connectivity index (χ0n) is 25.2. The lowest BCUT2D eigenvalue weighted by molar-refractivity contribution is 0.661. The van der Waals surface area contributed by atoms with Crippen molar-refractivity contribution in [3.05, 3.63) is 162 Å². The number of aromatic nitrogens is 1. The first-order valence-corrected chi connectivity index (χ1v) is 15.2. The molecule has 44 heavy (non-hydrogen) atoms. The van der Waals surface area contributed by atoms with Crippen molar-refractivity contribution in [3.8, 4) is 16.8 Å². The molecule has 6 aromatic carbocycles. The Morgan fingerprint density at radius 1 is 0.568 bits per heavy atom. The second-order valence-electron chi connectivity index (χ2n) is 12.0. The molecule has 0 spiro atoms. The number of benzene rings is 6. The fourth-order valence-corrected chi connectivity index (χ4v) is 7.11. The van der Waals surface area contributed by atoms with Gasteiger partial charge in [0.1, 0.15) is 5.84 Å². The summed E-state index contributed by atoms with van der Waals surface area (Å²) in [5.74, 6) is 0.897. The highest BCUT2D eigenvalue weighted by Crippen LogP contribution is 2.50. The quantitative estimate of drug-likeness (QED) is 0.153. The second-order valence-corrected chi connectivity index (χ2v) is 12.0. The summed E-state index contributed by atoms with van der Waals surface area (Å²) in [7, 11) is 1.87. The number of anilines is 2. The molecule has 0 saturated heterocycles. The van der Waals surface area contributed by atoms with Gasteiger partial charge in [0, 0.05) is 45.9 Å². The lowest BCUT2D eigenvalue weighted by Gasteiger charge is -2.27. The molecule has 1 aliphatic rings. The van der Waals surface area contributed by atoms with Crippen molar-refractivity contribution in [1.82, 2.24) is 4.57 Å². The molecule has 0 atom stereocenters. The highest BCUT2D eigenvalue weighted by Gasteiger charge is 2.36. The van der Waals surface area contributed by atoms with E-state index in [2.05, 4.69) is 157 Å². The first-order valence-electron chi connectivity index (χ1n) is 15.2. The predicted octanol–water partition coefficient (Wildman–Crippen LogP) is 10.3. The number of para-hydroxylation sites is 3. The molecular formula is C41H33N3. The Bertz CT molecular complexity index is 2150. The van der Waals surface area contributed by atoms with Crippen LogP contribution in [0.3, 0.4) is 0 Å². The first kappa shape index (κ1) is 26.2. The summed E-state index contributed by atoms with van der Waals surface area (Å²) in [6, 6.07) is 52.2. The maximum Gasteiger partial charge on any atom is 0.139 e. The number of aliphatic imine (C=N–C) groups is 1. The Hall–Kier alpha value is -5.41. The Morgan fingerprint density at radius 2 is 1.18 bits per heavy atom. The Labute approximate surface area is 258 Å². The monoisotopic (exact) mass is 567 g/mol. The van der Waals surface area contributed by atoms with Gasteiger partial charge in [0.25, 0.3) is 0 Å². The average molecular weight is 568 g/mol. The third-order valence-electron chi connectivity index (χ3n) is 9.21. The number of hydrogen-bond donors (Lipinski definition) is 0. The number of amidine groups is 1. The van der Waals surface area contributed by atoms with Crippen LogP contribution in [0, 0.1) is 0 Å². The van der Waals surface area contributed by atoms with Gasteiger partial charge in [-0.15, -0.1) is 0 Å². The van der Waals surface area contributed by atoms with Crippen LogP contribution in [0.1, 0.15) is 30.5 Å². The average Bonchev–Trinajstić information content (AvgIpc) is 3.52. The molecule has 0 bridgehead atoms. The highest BCUT2D eigenvalue weighted by molar-refractivity contribution is 6.15. The van der Waals surface area contributed by atoms with Gasteiger partial charge in [-0.1, -0.05) is 92.7 Å². The van der Waals surface area contributed by atoms with Crippen LogP contribution in [-0.2, 0) is 5.41 Å². The normalized spacial score (nSPS) is 13.7. The van der Waals surface area contributed by atoms with E-state index in [1.54, 1.807) is 0 Å². The molecule has 0 aliphatic heterocycles. The van der Waals surface area contributed by atoms with Crippen molar-refractivity contribution in [3.63, 3.8) is 0 Å². The van der Waals surface area contributed by atoms with Gasteiger partial charge in [0.05, 0.1) is 11.0 Å². The van der Waals surface area contributed by atoms with Crippen molar-refractivity contribution >= 4 is 39.0 Å². The number of hydrogen-bond acceptors (Lipinski definition) is 1. The van der Waals surface area contributed by atoms with Crippen LogP contribution >= 0.6 is 0 Å². The predicted molar refractivity (Wildman–Crippen MR) is 186 cm³/mol. The molecule has 0 amide bonds. The molecule has 1 heterocycles. The zero-order chi connectivity index (χ0) is 29.8. The van der Waals surface area contributed by atoms with Crippen molar-refractivity contribution in [2.75, 3.05) is 11.9 Å². The second kappa shape index (κ2) is 10.1. The number of fused-ring (bicyclic) bond motifs is 6. The van der Waals surface area contributed by atoms with Gasteiger partial charge < -0.3 is 4.57 Å². The molecule has 8 rings (SSSR count). The van der Waals surface area contributed by atoms with E-state index in [4.69, 9.17) is 4.99 Å². The molecule has 3 heteroatoms. The molecule has 0 unspecified atom stereocenters. The largest absolute Gasteiger partial charge is 0.309 e. The molecule has 1 aliphatic carbocycles. The van der Waals surface area contributed by atoms with Crippen LogP contribution in [0.15, 0.2) is 151 Å². The maximum absolute atomic E-state index is 4.81. The SMILES string of the molecule is CN=C(c1ccc(-n2c3ccccc3c3cc4c(cc32)C(C)(C)c2ccccc2-4)cc1)N(c1ccccc1)c1ccccc1. The van der Waals surface area contributed by atoms with E-state index in [1.165, 1.54) is 44.1 Å². The highest BCUT2D eigenvalue weighted by atomic mass is 15.2. The zero-order valence-corrected chi connectivity index (χ0v) is 25.2. The summed E-state index contributed by atoms with van der Waals surface area (Å²) in [6.45, 7) is 4.70. The van der Waals surface area contributed by atoms with Crippen LogP contribution in [-0.4, -0.2) is 17.5 Å². The van der Waals surface area contributed by atoms with Crippen LogP contribution < -0.4 is 4.90 Å². The Kier molecular flexibility index (Phi) is 6.02. The minimum Gasteiger partial charge on any atom is -0.309 e. The standard InChI is InChI=1S/C41H33N3/c1-41(2)36-20-12-10-18-32(36)34-26-35-33-19-11-13-21-38(33)44(39(35)27-37(34)41)31-24-22-28(23-25-31)40(42-3)43(29-14-6-4-7-15-29)30-16-8-5-9-17-30/h4-27H,1-3H3. The van der Waals surface area contributed by atoms with Gasteiger partial charge in [-0.25, -0.2) is 0 Å². The van der Waals surface area contributed by atoms with Gasteiger partial charge in [0.15, 0.2) is 0 Å². The Balaban J connectivity index is 1.28. The van der Waals surface area contributed by atoms with Crippen molar-refractivity contribution < 1.29 is 0 Å². The van der Waals surface area contributed by atoms with Crippen LogP contribution in [0.4, 0.5) is 11.4 Å². The molecule has 0 radical (unpaired) electrons. The van der Waals surface area contributed by atoms with Gasteiger partial charge in [0.2, 0.25) is 0 Å². The van der Waals surface area contributed by atoms with E-state index in [1.807, 2.05) is 19.2 Å². The van der Waals surface area contributed by atoms with Gasteiger partial charge >= 0.3 is 0 Å². The van der Waals surface area contributed by atoms with E-state index < -0.39 is 0 Å². The summed E-state index contributed by atoms with van der Waals surface area (Å²) < 4.78 is 2.42. The molecular weight excluding hydrogens is 534 g/mol. The minimum absolute atomic E-state index is 0.0594. The van der Waals surface area contributed by atoms with Crippen molar-refractivity contribution in [1.29, 1.82) is 0 Å². The maximum atomic E-state index is 4.81. The van der Waals surface area contributed by atoms with E-state index in [9.17, 15) is 0 Å². The van der Waals surface area contributed by atoms with Crippen LogP contribution in [0.5, 0.6) is 0 Å². The summed E-state index contributed by atoms with van der Waals surface area (Å²) in [5.41, 5.74) is 12.2. The lowest BCUT2D eigenvalue weighted by Crippen LogP contribution is -2.27. The summed E-state index contributed by atoms with van der Waals surface area (Å²) in [5, 5.41) is 2.55. The van der Waals surface area contributed by atoms with Crippen molar-refractivity contribution in [2.45, 2.75) is 19.3 Å². The third-order valence-corrected chi connectivity index (χ3v) is 9.21. The molecule has 3 nitrogen and oxygen atoms in total. The summed E-state index contributed by atoms with van der Waals surface area (Å²) in [6.07, 6.45) is 0. The fraction of sp³-hybridized carbons (Fsp3) is 0.0976. The van der Waals surface area contributed by atoms with E-state index in [0.29, 0.717) is 0 Å². The summed E-state index contributed by atoms with van der Waals surface area (Å²) in [4.78, 5) is 7.04. The van der Waals surface area contributed by atoms with E-state index in [-0.39, 0.29) is 5.41 Å². The van der Waals surface area contributed by atoms with Gasteiger partial charge in [-0.2, -0.15) is 0 Å². The third kappa shape index (κ3) is 3.93. The van der Waals surface area contributed by atoms with Gasteiger partial charge in [-0.3, -0.25) is 9.89 Å². The van der Waals surface area contributed by atoms with Crippen LogP contribution in [0.25, 0.3) is 38.6 Å². The number of rotatable bonds is 4. The van der Waals surface area contributed by atoms with Crippen molar-refractivity contribution in [2.24, 2.45) is 4.99 Å². The van der Waals surface area contributed by atoms with E-state index in [0.717, 1.165) is 28.5 Å². The molecule has 0 N–H and O–H groups in total. The molecule has 1 aromatic heterocycles. The summed E-state index contributed by atoms with van der Waals surface area (Å²) >= 11 is 0. The number of nitrogens with zero attached hydrogens (tertiary/aromatic N) is 3. The molecule has 7 aromatic rings. The van der Waals surface area contributed by atoms with E-state index >= 15 is 0 Å². The molecule has 0 fully saturated rings.